The molecule has 18 heavy (non-hydrogen) atoms. The highest BCUT2D eigenvalue weighted by atomic mass is 79.9. The first-order chi connectivity index (χ1) is 8.65. The van der Waals surface area contributed by atoms with Crippen LogP contribution in [0.2, 0.25) is 0 Å². The molecular formula is C14H9BrO2S. The molecule has 0 unspecified atom stereocenters. The van der Waals surface area contributed by atoms with Crippen molar-refractivity contribution in [2.75, 3.05) is 0 Å². The molecule has 0 radical (unpaired) electrons. The van der Waals surface area contributed by atoms with Gasteiger partial charge in [-0.25, -0.2) is 0 Å². The lowest BCUT2D eigenvalue weighted by Gasteiger charge is -1.94. The number of hydrogen-bond donors (Lipinski definition) is 0. The van der Waals surface area contributed by atoms with Crippen molar-refractivity contribution in [3.05, 3.63) is 56.4 Å². The SMILES string of the molecule is Cc1ccsc1C(=O)c1cc2cc(Br)ccc2o1. The largest absolute Gasteiger partial charge is 0.453 e. The molecule has 0 N–H and O–H groups in total. The molecule has 1 aromatic carbocycles. The molecule has 2 aromatic heterocycles. The number of aryl methyl sites for hydroxylation is 1. The Labute approximate surface area is 116 Å². The van der Waals surface area contributed by atoms with E-state index in [0.717, 1.165) is 25.9 Å². The maximum absolute atomic E-state index is 12.3. The van der Waals surface area contributed by atoms with E-state index >= 15 is 0 Å². The van der Waals surface area contributed by atoms with Crippen molar-refractivity contribution in [2.24, 2.45) is 0 Å². The standard InChI is InChI=1S/C14H9BrO2S/c1-8-4-5-18-14(8)13(16)12-7-9-6-10(15)2-3-11(9)17-12/h2-7H,1H3. The highest BCUT2D eigenvalue weighted by molar-refractivity contribution is 9.10. The topological polar surface area (TPSA) is 30.2 Å². The average molecular weight is 321 g/mol. The predicted molar refractivity (Wildman–Crippen MR) is 76.4 cm³/mol. The summed E-state index contributed by atoms with van der Waals surface area (Å²) in [6.45, 7) is 1.93. The van der Waals surface area contributed by atoms with Gasteiger partial charge < -0.3 is 4.42 Å². The van der Waals surface area contributed by atoms with Gasteiger partial charge in [-0.2, -0.15) is 0 Å². The van der Waals surface area contributed by atoms with Gasteiger partial charge in [0, 0.05) is 9.86 Å². The molecule has 0 atom stereocenters. The number of benzene rings is 1. The van der Waals surface area contributed by atoms with Gasteiger partial charge in [-0.3, -0.25) is 4.79 Å². The number of rotatable bonds is 2. The van der Waals surface area contributed by atoms with E-state index in [1.807, 2.05) is 36.6 Å². The lowest BCUT2D eigenvalue weighted by molar-refractivity contribution is 0.101. The van der Waals surface area contributed by atoms with Crippen molar-refractivity contribution in [1.82, 2.24) is 0 Å². The fourth-order valence-electron chi connectivity index (χ4n) is 1.84. The minimum Gasteiger partial charge on any atom is -0.453 e. The number of halogens is 1. The highest BCUT2D eigenvalue weighted by Gasteiger charge is 2.17. The third kappa shape index (κ3) is 1.91. The lowest BCUT2D eigenvalue weighted by Crippen LogP contribution is -1.97. The number of fused-ring (bicyclic) bond motifs is 1. The number of furan rings is 1. The lowest BCUT2D eigenvalue weighted by atomic mass is 10.2. The molecule has 0 aliphatic rings. The van der Waals surface area contributed by atoms with Crippen molar-refractivity contribution in [1.29, 1.82) is 0 Å². The normalized spacial score (nSPS) is 11.0. The summed E-state index contributed by atoms with van der Waals surface area (Å²) in [5.41, 5.74) is 1.72. The molecule has 0 aliphatic carbocycles. The summed E-state index contributed by atoms with van der Waals surface area (Å²) in [6.07, 6.45) is 0. The van der Waals surface area contributed by atoms with Crippen LogP contribution >= 0.6 is 27.3 Å². The molecular weight excluding hydrogens is 312 g/mol. The van der Waals surface area contributed by atoms with Crippen LogP contribution in [0, 0.1) is 6.92 Å². The summed E-state index contributed by atoms with van der Waals surface area (Å²) in [5, 5.41) is 2.85. The molecule has 0 amide bonds. The minimum atomic E-state index is -0.0465. The second-order valence-electron chi connectivity index (χ2n) is 4.05. The monoisotopic (exact) mass is 320 g/mol. The first-order valence-corrected chi connectivity index (χ1v) is 7.10. The fourth-order valence-corrected chi connectivity index (χ4v) is 3.09. The van der Waals surface area contributed by atoms with Gasteiger partial charge >= 0.3 is 0 Å². The molecule has 0 fully saturated rings. The van der Waals surface area contributed by atoms with Crippen LogP contribution in [0.4, 0.5) is 0 Å². The van der Waals surface area contributed by atoms with Gasteiger partial charge in [-0.1, -0.05) is 15.9 Å². The molecule has 3 aromatic rings. The molecule has 90 valence electrons. The Balaban J connectivity index is 2.10. The van der Waals surface area contributed by atoms with E-state index < -0.39 is 0 Å². The third-order valence-electron chi connectivity index (χ3n) is 2.77. The summed E-state index contributed by atoms with van der Waals surface area (Å²) in [7, 11) is 0. The van der Waals surface area contributed by atoms with Gasteiger partial charge in [0.1, 0.15) is 5.58 Å². The molecule has 0 bridgehead atoms. The summed E-state index contributed by atoms with van der Waals surface area (Å²) in [4.78, 5) is 13.0. The zero-order chi connectivity index (χ0) is 12.7. The number of ketones is 1. The molecule has 0 spiro atoms. The van der Waals surface area contributed by atoms with Gasteiger partial charge in [0.25, 0.3) is 0 Å². The van der Waals surface area contributed by atoms with Gasteiger partial charge in [0.15, 0.2) is 5.76 Å². The van der Waals surface area contributed by atoms with Gasteiger partial charge in [0.05, 0.1) is 4.88 Å². The smallest absolute Gasteiger partial charge is 0.238 e. The maximum Gasteiger partial charge on any atom is 0.238 e. The van der Waals surface area contributed by atoms with Crippen LogP contribution in [0.25, 0.3) is 11.0 Å². The van der Waals surface area contributed by atoms with Crippen molar-refractivity contribution in [2.45, 2.75) is 6.92 Å². The van der Waals surface area contributed by atoms with E-state index in [4.69, 9.17) is 4.42 Å². The molecule has 0 saturated heterocycles. The zero-order valence-corrected chi connectivity index (χ0v) is 12.0. The number of carbonyl (C=O) groups excluding carboxylic acids is 1. The molecule has 3 rings (SSSR count). The van der Waals surface area contributed by atoms with E-state index in [2.05, 4.69) is 15.9 Å². The summed E-state index contributed by atoms with van der Waals surface area (Å²) >= 11 is 4.85. The second kappa shape index (κ2) is 4.37. The third-order valence-corrected chi connectivity index (χ3v) is 4.28. The predicted octanol–water partition coefficient (Wildman–Crippen LogP) is 4.80. The Morgan fingerprint density at radius 1 is 1.28 bits per heavy atom. The summed E-state index contributed by atoms with van der Waals surface area (Å²) in [5.74, 6) is 0.350. The van der Waals surface area contributed by atoms with Crippen LogP contribution < -0.4 is 0 Å². The quantitative estimate of drug-likeness (QED) is 0.635. The van der Waals surface area contributed by atoms with Crippen molar-refractivity contribution in [3.8, 4) is 0 Å². The van der Waals surface area contributed by atoms with E-state index in [0.29, 0.717) is 5.76 Å². The Morgan fingerprint density at radius 2 is 2.11 bits per heavy atom. The van der Waals surface area contributed by atoms with Crippen molar-refractivity contribution < 1.29 is 9.21 Å². The van der Waals surface area contributed by atoms with Gasteiger partial charge in [-0.05, 0) is 48.2 Å². The number of hydrogen-bond acceptors (Lipinski definition) is 3. The maximum atomic E-state index is 12.3. The van der Waals surface area contributed by atoms with Gasteiger partial charge in [0.2, 0.25) is 5.78 Å². The summed E-state index contributed by atoms with van der Waals surface area (Å²) in [6, 6.07) is 9.43. The van der Waals surface area contributed by atoms with Crippen LogP contribution in [0.3, 0.4) is 0 Å². The Hall–Kier alpha value is -1.39. The molecule has 0 saturated carbocycles. The molecule has 2 heterocycles. The zero-order valence-electron chi connectivity index (χ0n) is 9.57. The number of thiophene rings is 1. The Bertz CT molecular complexity index is 739. The van der Waals surface area contributed by atoms with Crippen LogP contribution in [0.15, 0.2) is 44.6 Å². The molecule has 0 aliphatic heterocycles. The average Bonchev–Trinajstić information content (AvgIpc) is 2.93. The van der Waals surface area contributed by atoms with Crippen LogP contribution in [-0.4, -0.2) is 5.78 Å². The fraction of sp³-hybridized carbons (Fsp3) is 0.0714. The van der Waals surface area contributed by atoms with Crippen LogP contribution in [-0.2, 0) is 0 Å². The molecule has 2 nitrogen and oxygen atoms in total. The van der Waals surface area contributed by atoms with Crippen molar-refractivity contribution >= 4 is 44.0 Å². The first-order valence-electron chi connectivity index (χ1n) is 5.43. The van der Waals surface area contributed by atoms with Gasteiger partial charge in [-0.15, -0.1) is 11.3 Å². The van der Waals surface area contributed by atoms with Crippen LogP contribution in [0.5, 0.6) is 0 Å². The first kappa shape index (κ1) is 11.7. The number of carbonyl (C=O) groups is 1. The second-order valence-corrected chi connectivity index (χ2v) is 5.89. The van der Waals surface area contributed by atoms with E-state index in [1.54, 1.807) is 6.07 Å². The Kier molecular flexibility index (Phi) is 2.84. The summed E-state index contributed by atoms with van der Waals surface area (Å²) < 4.78 is 6.57. The van der Waals surface area contributed by atoms with E-state index in [1.165, 1.54) is 11.3 Å². The minimum absolute atomic E-state index is 0.0465. The van der Waals surface area contributed by atoms with E-state index in [-0.39, 0.29) is 5.78 Å². The molecule has 4 heteroatoms. The highest BCUT2D eigenvalue weighted by Crippen LogP contribution is 2.26. The van der Waals surface area contributed by atoms with Crippen molar-refractivity contribution in [3.63, 3.8) is 0 Å². The van der Waals surface area contributed by atoms with Crippen LogP contribution in [0.1, 0.15) is 21.0 Å². The van der Waals surface area contributed by atoms with E-state index in [9.17, 15) is 4.79 Å². The Morgan fingerprint density at radius 3 is 2.83 bits per heavy atom.